The van der Waals surface area contributed by atoms with Gasteiger partial charge in [-0.1, -0.05) is 32.6 Å². The fraction of sp³-hybridized carbons (Fsp3) is 0.778. The normalized spacial score (nSPS) is 45.4. The molecular formula is C27H36O4. The molecule has 4 fully saturated rings. The summed E-state index contributed by atoms with van der Waals surface area (Å²) in [6.07, 6.45) is 20.4. The summed E-state index contributed by atoms with van der Waals surface area (Å²) >= 11 is 0. The van der Waals surface area contributed by atoms with E-state index in [0.717, 1.165) is 51.4 Å². The monoisotopic (exact) mass is 424 g/mol. The zero-order chi connectivity index (χ0) is 22.4. The number of esters is 2. The molecule has 0 amide bonds. The number of carbonyl (C=O) groups is 2. The third kappa shape index (κ3) is 3.29. The second kappa shape index (κ2) is 7.88. The predicted octanol–water partition coefficient (Wildman–Crippen LogP) is 4.90. The van der Waals surface area contributed by atoms with Crippen LogP contribution in [0.2, 0.25) is 0 Å². The standard InChI is InChI=1S/C27H36O4/c1-6-23(28)30-26(8-3)16-18-10-11-20-19(21(18)17-26)12-14-25(5)22(20)13-15-27(25,9-4)31-24(29)7-2/h3-4,18-22H,6-7,10-17H2,1-2,5H3/t18-,19-,20+,21-,22-,25-,26+,27-/m0/s1. The highest BCUT2D eigenvalue weighted by molar-refractivity contribution is 5.70. The molecule has 0 saturated heterocycles. The van der Waals surface area contributed by atoms with Gasteiger partial charge in [-0.3, -0.25) is 9.59 Å². The lowest BCUT2D eigenvalue weighted by Gasteiger charge is -2.54. The van der Waals surface area contributed by atoms with Gasteiger partial charge in [0.2, 0.25) is 0 Å². The van der Waals surface area contributed by atoms with Gasteiger partial charge in [-0.05, 0) is 68.1 Å². The van der Waals surface area contributed by atoms with Gasteiger partial charge in [-0.25, -0.2) is 0 Å². The minimum atomic E-state index is -0.776. The Morgan fingerprint density at radius 3 is 2.23 bits per heavy atom. The van der Waals surface area contributed by atoms with E-state index >= 15 is 0 Å². The van der Waals surface area contributed by atoms with Crippen molar-refractivity contribution >= 4 is 11.9 Å². The second-order valence-electron chi connectivity index (χ2n) is 10.6. The highest BCUT2D eigenvalue weighted by Gasteiger charge is 2.65. The van der Waals surface area contributed by atoms with Gasteiger partial charge in [0.1, 0.15) is 0 Å². The Morgan fingerprint density at radius 2 is 1.58 bits per heavy atom. The van der Waals surface area contributed by atoms with E-state index in [0.29, 0.717) is 42.4 Å². The molecule has 4 saturated carbocycles. The molecule has 4 aliphatic rings. The fourth-order valence-electron chi connectivity index (χ4n) is 7.91. The molecule has 0 bridgehead atoms. The SMILES string of the molecule is C#C[C@@]1(OC(=O)CC)C[C@@H]2CC[C@@H]3[C@H](CC[C@@]4(C)[C@H]3CC[C@]4(C#C)OC(=O)CC)[C@H]2C1. The summed E-state index contributed by atoms with van der Waals surface area (Å²) in [5.74, 6) is 8.08. The molecule has 4 rings (SSSR count). The quantitative estimate of drug-likeness (QED) is 0.476. The van der Waals surface area contributed by atoms with Crippen molar-refractivity contribution < 1.29 is 19.1 Å². The molecule has 0 N–H and O–H groups in total. The van der Waals surface area contributed by atoms with Crippen molar-refractivity contribution in [2.75, 3.05) is 0 Å². The third-order valence-electron chi connectivity index (χ3n) is 9.47. The van der Waals surface area contributed by atoms with E-state index in [1.165, 1.54) is 0 Å². The van der Waals surface area contributed by atoms with E-state index in [2.05, 4.69) is 18.8 Å². The Hall–Kier alpha value is -1.94. The van der Waals surface area contributed by atoms with Crippen molar-refractivity contribution in [3.63, 3.8) is 0 Å². The molecule has 0 aromatic rings. The van der Waals surface area contributed by atoms with E-state index in [-0.39, 0.29) is 17.4 Å². The Kier molecular flexibility index (Phi) is 5.66. The smallest absolute Gasteiger partial charge is 0.307 e. The number of fused-ring (bicyclic) bond motifs is 5. The molecule has 0 spiro atoms. The van der Waals surface area contributed by atoms with Gasteiger partial charge < -0.3 is 9.47 Å². The lowest BCUT2D eigenvalue weighted by atomic mass is 9.51. The summed E-state index contributed by atoms with van der Waals surface area (Å²) in [5, 5.41) is 0. The van der Waals surface area contributed by atoms with Crippen LogP contribution in [-0.4, -0.2) is 23.1 Å². The van der Waals surface area contributed by atoms with Gasteiger partial charge in [-0.15, -0.1) is 12.8 Å². The maximum Gasteiger partial charge on any atom is 0.307 e. The first-order valence-electron chi connectivity index (χ1n) is 12.2. The lowest BCUT2D eigenvalue weighted by molar-refractivity contribution is -0.171. The van der Waals surface area contributed by atoms with Crippen molar-refractivity contribution in [3.05, 3.63) is 0 Å². The Bertz CT molecular complexity index is 833. The van der Waals surface area contributed by atoms with Gasteiger partial charge in [0.05, 0.1) is 0 Å². The highest BCUT2D eigenvalue weighted by atomic mass is 16.6. The van der Waals surface area contributed by atoms with E-state index in [9.17, 15) is 9.59 Å². The number of hydrogen-bond donors (Lipinski definition) is 0. The van der Waals surface area contributed by atoms with E-state index < -0.39 is 11.2 Å². The minimum Gasteiger partial charge on any atom is -0.446 e. The largest absolute Gasteiger partial charge is 0.446 e. The van der Waals surface area contributed by atoms with Gasteiger partial charge in [-0.2, -0.15) is 0 Å². The van der Waals surface area contributed by atoms with Crippen molar-refractivity contribution in [1.29, 1.82) is 0 Å². The first kappa shape index (κ1) is 22.3. The van der Waals surface area contributed by atoms with Crippen molar-refractivity contribution in [3.8, 4) is 24.7 Å². The Morgan fingerprint density at radius 1 is 0.871 bits per heavy atom. The number of terminal acetylenes is 2. The van der Waals surface area contributed by atoms with Crippen LogP contribution in [0, 0.1) is 59.7 Å². The number of hydrogen-bond acceptors (Lipinski definition) is 4. The van der Waals surface area contributed by atoms with Crippen LogP contribution >= 0.6 is 0 Å². The summed E-state index contributed by atoms with van der Waals surface area (Å²) in [7, 11) is 0. The fourth-order valence-corrected chi connectivity index (χ4v) is 7.91. The van der Waals surface area contributed by atoms with E-state index in [1.807, 2.05) is 13.8 Å². The van der Waals surface area contributed by atoms with Crippen LogP contribution in [0.4, 0.5) is 0 Å². The zero-order valence-electron chi connectivity index (χ0n) is 19.2. The van der Waals surface area contributed by atoms with Crippen LogP contribution in [0.25, 0.3) is 0 Å². The van der Waals surface area contributed by atoms with Crippen LogP contribution < -0.4 is 0 Å². The number of carbonyl (C=O) groups excluding carboxylic acids is 2. The summed E-state index contributed by atoms with van der Waals surface area (Å²) in [4.78, 5) is 24.3. The first-order valence-corrected chi connectivity index (χ1v) is 12.2. The number of rotatable bonds is 4. The molecule has 0 unspecified atom stereocenters. The molecule has 8 atom stereocenters. The zero-order valence-corrected chi connectivity index (χ0v) is 19.2. The van der Waals surface area contributed by atoms with Crippen LogP contribution in [0.3, 0.4) is 0 Å². The van der Waals surface area contributed by atoms with Crippen LogP contribution in [-0.2, 0) is 19.1 Å². The average molecular weight is 425 g/mol. The van der Waals surface area contributed by atoms with Crippen molar-refractivity contribution in [2.24, 2.45) is 35.0 Å². The second-order valence-corrected chi connectivity index (χ2v) is 10.6. The molecule has 168 valence electrons. The highest BCUT2D eigenvalue weighted by Crippen LogP contribution is 2.67. The van der Waals surface area contributed by atoms with Crippen LogP contribution in [0.1, 0.15) is 85.0 Å². The van der Waals surface area contributed by atoms with Crippen molar-refractivity contribution in [1.82, 2.24) is 0 Å². The molecule has 0 heterocycles. The first-order chi connectivity index (χ1) is 14.8. The molecule has 4 nitrogen and oxygen atoms in total. The maximum absolute atomic E-state index is 12.2. The molecule has 0 aromatic heterocycles. The average Bonchev–Trinajstić information content (AvgIpc) is 3.29. The molecule has 0 radical (unpaired) electrons. The predicted molar refractivity (Wildman–Crippen MR) is 118 cm³/mol. The van der Waals surface area contributed by atoms with Crippen LogP contribution in [0.15, 0.2) is 0 Å². The topological polar surface area (TPSA) is 52.6 Å². The molecular weight excluding hydrogens is 388 g/mol. The summed E-state index contributed by atoms with van der Waals surface area (Å²) in [5.41, 5.74) is -1.68. The molecule has 4 heteroatoms. The maximum atomic E-state index is 12.2. The van der Waals surface area contributed by atoms with Gasteiger partial charge in [0.25, 0.3) is 0 Å². The summed E-state index contributed by atoms with van der Waals surface area (Å²) in [6, 6.07) is 0. The van der Waals surface area contributed by atoms with E-state index in [4.69, 9.17) is 22.3 Å². The van der Waals surface area contributed by atoms with Crippen LogP contribution in [0.5, 0.6) is 0 Å². The Labute approximate surface area is 187 Å². The molecule has 31 heavy (non-hydrogen) atoms. The Balaban J connectivity index is 1.57. The molecule has 0 aliphatic heterocycles. The van der Waals surface area contributed by atoms with Crippen molar-refractivity contribution in [2.45, 2.75) is 96.2 Å². The summed E-state index contributed by atoms with van der Waals surface area (Å²) in [6.45, 7) is 5.90. The number of ether oxygens (including phenoxy) is 2. The lowest BCUT2D eigenvalue weighted by Crippen LogP contribution is -2.53. The minimum absolute atomic E-state index is 0.170. The van der Waals surface area contributed by atoms with E-state index in [1.54, 1.807) is 0 Å². The van der Waals surface area contributed by atoms with Gasteiger partial charge in [0, 0.05) is 31.1 Å². The molecule has 0 aromatic carbocycles. The van der Waals surface area contributed by atoms with Gasteiger partial charge in [0.15, 0.2) is 11.2 Å². The third-order valence-corrected chi connectivity index (χ3v) is 9.47. The van der Waals surface area contributed by atoms with Gasteiger partial charge >= 0.3 is 11.9 Å². The molecule has 4 aliphatic carbocycles. The summed E-state index contributed by atoms with van der Waals surface area (Å²) < 4.78 is 11.8.